The SMILES string of the molecule is Cc1ccc(-c2cnc(NC(=O)c3cc(N4CCCCC4)ccc3NCc3cccc(C(=O)NCCOCCO)c3)cn2)cc1C. The second-order valence-electron chi connectivity index (χ2n) is 11.5. The summed E-state index contributed by atoms with van der Waals surface area (Å²) >= 11 is 0. The third-order valence-corrected chi connectivity index (χ3v) is 8.10. The number of nitrogens with one attached hydrogen (secondary N) is 3. The first kappa shape index (κ1) is 32.6. The highest BCUT2D eigenvalue weighted by Crippen LogP contribution is 2.27. The van der Waals surface area contributed by atoms with Gasteiger partial charge < -0.3 is 30.7 Å². The number of amides is 2. The molecule has 4 aromatic rings. The molecule has 0 spiro atoms. The Balaban J connectivity index is 1.30. The Hall–Kier alpha value is -4.80. The fourth-order valence-electron chi connectivity index (χ4n) is 5.37. The Morgan fingerprint density at radius 3 is 2.50 bits per heavy atom. The molecule has 2 amide bonds. The van der Waals surface area contributed by atoms with Gasteiger partial charge in [-0.3, -0.25) is 14.6 Å². The van der Waals surface area contributed by atoms with Crippen LogP contribution in [0.25, 0.3) is 11.3 Å². The predicted octanol–water partition coefficient (Wildman–Crippen LogP) is 5.35. The van der Waals surface area contributed by atoms with Gasteiger partial charge in [0.05, 0.1) is 43.5 Å². The number of anilines is 3. The zero-order valence-electron chi connectivity index (χ0n) is 26.5. The van der Waals surface area contributed by atoms with Crippen LogP contribution in [0.5, 0.6) is 0 Å². The van der Waals surface area contributed by atoms with Crippen molar-refractivity contribution in [2.75, 3.05) is 55.0 Å². The van der Waals surface area contributed by atoms with Crippen molar-refractivity contribution in [3.63, 3.8) is 0 Å². The summed E-state index contributed by atoms with van der Waals surface area (Å²) in [6, 6.07) is 19.4. The fourth-order valence-corrected chi connectivity index (χ4v) is 5.37. The molecule has 0 unspecified atom stereocenters. The number of aryl methyl sites for hydroxylation is 2. The minimum atomic E-state index is -0.286. The summed E-state index contributed by atoms with van der Waals surface area (Å²) in [4.78, 5) is 37.7. The predicted molar refractivity (Wildman–Crippen MR) is 181 cm³/mol. The van der Waals surface area contributed by atoms with Crippen LogP contribution in [0.2, 0.25) is 0 Å². The molecule has 1 saturated heterocycles. The summed E-state index contributed by atoms with van der Waals surface area (Å²) < 4.78 is 5.21. The molecule has 10 nitrogen and oxygen atoms in total. The van der Waals surface area contributed by atoms with E-state index >= 15 is 0 Å². The Morgan fingerprint density at radius 2 is 1.74 bits per heavy atom. The lowest BCUT2D eigenvalue weighted by Gasteiger charge is -2.29. The number of aliphatic hydroxyl groups is 1. The molecule has 3 aromatic carbocycles. The number of carbonyl (C=O) groups excluding carboxylic acids is 2. The van der Waals surface area contributed by atoms with E-state index in [-0.39, 0.29) is 25.0 Å². The number of piperidine rings is 1. The second kappa shape index (κ2) is 16.0. The van der Waals surface area contributed by atoms with Gasteiger partial charge in [-0.05, 0) is 86.2 Å². The molecular formula is C36H42N6O4. The molecule has 2 heterocycles. The molecule has 240 valence electrons. The molecule has 0 atom stereocenters. The van der Waals surface area contributed by atoms with Crippen LogP contribution in [0.15, 0.2) is 73.1 Å². The number of rotatable bonds is 13. The quantitative estimate of drug-likeness (QED) is 0.147. The first-order valence-corrected chi connectivity index (χ1v) is 15.8. The van der Waals surface area contributed by atoms with Gasteiger partial charge in [-0.15, -0.1) is 0 Å². The van der Waals surface area contributed by atoms with Crippen molar-refractivity contribution >= 4 is 29.0 Å². The number of nitrogens with zero attached hydrogens (tertiary/aromatic N) is 3. The molecule has 4 N–H and O–H groups in total. The first-order valence-electron chi connectivity index (χ1n) is 15.8. The van der Waals surface area contributed by atoms with E-state index in [1.54, 1.807) is 18.5 Å². The molecule has 5 rings (SSSR count). The number of benzene rings is 3. The van der Waals surface area contributed by atoms with Gasteiger partial charge in [-0.2, -0.15) is 0 Å². The molecular weight excluding hydrogens is 580 g/mol. The molecule has 1 fully saturated rings. The van der Waals surface area contributed by atoms with E-state index in [1.165, 1.54) is 17.5 Å². The Labute approximate surface area is 270 Å². The standard InChI is InChI=1S/C36H42N6O4/c1-25-9-10-28(19-26(25)2)33-23-40-34(24-39-33)41-36(45)31-21-30(42-14-4-3-5-15-42)11-12-32(31)38-22-27-7-6-8-29(20-27)35(44)37-13-17-46-18-16-43/h6-12,19-21,23-24,38,43H,3-5,13-18,22H2,1-2H3,(H,37,44)(H,40,41,45). The van der Waals surface area contributed by atoms with Crippen molar-refractivity contribution < 1.29 is 19.4 Å². The second-order valence-corrected chi connectivity index (χ2v) is 11.5. The molecule has 10 heteroatoms. The van der Waals surface area contributed by atoms with E-state index in [0.29, 0.717) is 42.3 Å². The maximum atomic E-state index is 13.7. The van der Waals surface area contributed by atoms with Crippen LogP contribution in [0.4, 0.5) is 17.2 Å². The number of carbonyl (C=O) groups is 2. The van der Waals surface area contributed by atoms with Gasteiger partial charge in [0.15, 0.2) is 5.82 Å². The van der Waals surface area contributed by atoms with Gasteiger partial charge in [0.2, 0.25) is 0 Å². The van der Waals surface area contributed by atoms with Crippen molar-refractivity contribution in [2.24, 2.45) is 0 Å². The van der Waals surface area contributed by atoms with Gasteiger partial charge in [-0.25, -0.2) is 4.98 Å². The highest BCUT2D eigenvalue weighted by Gasteiger charge is 2.18. The molecule has 1 aromatic heterocycles. The van der Waals surface area contributed by atoms with Crippen LogP contribution in [0.3, 0.4) is 0 Å². The van der Waals surface area contributed by atoms with Crippen LogP contribution in [0.1, 0.15) is 56.7 Å². The van der Waals surface area contributed by atoms with E-state index in [2.05, 4.69) is 56.8 Å². The summed E-state index contributed by atoms with van der Waals surface area (Å²) in [5, 5.41) is 18.0. The van der Waals surface area contributed by atoms with E-state index in [1.807, 2.05) is 42.5 Å². The molecule has 0 aliphatic carbocycles. The summed E-state index contributed by atoms with van der Waals surface area (Å²) in [7, 11) is 0. The molecule has 46 heavy (non-hydrogen) atoms. The van der Waals surface area contributed by atoms with E-state index < -0.39 is 0 Å². The third-order valence-electron chi connectivity index (χ3n) is 8.10. The molecule has 1 aliphatic rings. The highest BCUT2D eigenvalue weighted by atomic mass is 16.5. The summed E-state index contributed by atoms with van der Waals surface area (Å²) in [6.45, 7) is 7.33. The van der Waals surface area contributed by atoms with E-state index in [4.69, 9.17) is 9.84 Å². The van der Waals surface area contributed by atoms with Crippen LogP contribution in [-0.4, -0.2) is 66.3 Å². The largest absolute Gasteiger partial charge is 0.394 e. The Morgan fingerprint density at radius 1 is 0.891 bits per heavy atom. The summed E-state index contributed by atoms with van der Waals surface area (Å²) in [6.07, 6.45) is 6.73. The van der Waals surface area contributed by atoms with E-state index in [0.717, 1.165) is 48.4 Å². The van der Waals surface area contributed by atoms with Gasteiger partial charge >= 0.3 is 0 Å². The lowest BCUT2D eigenvalue weighted by Crippen LogP contribution is -2.29. The number of aromatic nitrogens is 2. The summed E-state index contributed by atoms with van der Waals surface area (Å²) in [5.41, 5.74) is 7.71. The maximum Gasteiger partial charge on any atom is 0.259 e. The monoisotopic (exact) mass is 622 g/mol. The first-order chi connectivity index (χ1) is 22.4. The van der Waals surface area contributed by atoms with Crippen molar-refractivity contribution in [1.29, 1.82) is 0 Å². The minimum Gasteiger partial charge on any atom is -0.394 e. The number of aliphatic hydroxyl groups excluding tert-OH is 1. The lowest BCUT2D eigenvalue weighted by molar-refractivity contribution is 0.0838. The zero-order valence-corrected chi connectivity index (χ0v) is 26.5. The Kier molecular flexibility index (Phi) is 11.3. The topological polar surface area (TPSA) is 129 Å². The zero-order chi connectivity index (χ0) is 32.3. The van der Waals surface area contributed by atoms with E-state index in [9.17, 15) is 9.59 Å². The average Bonchev–Trinajstić information content (AvgIpc) is 3.09. The highest BCUT2D eigenvalue weighted by molar-refractivity contribution is 6.08. The fraction of sp³-hybridized carbons (Fsp3) is 0.333. The Bertz CT molecular complexity index is 1640. The molecule has 0 saturated carbocycles. The van der Waals surface area contributed by atoms with Crippen LogP contribution >= 0.6 is 0 Å². The van der Waals surface area contributed by atoms with Gasteiger partial charge in [0.25, 0.3) is 11.8 Å². The molecule has 0 bridgehead atoms. The van der Waals surface area contributed by atoms with Crippen molar-refractivity contribution in [2.45, 2.75) is 39.7 Å². The lowest BCUT2D eigenvalue weighted by atomic mass is 10.0. The van der Waals surface area contributed by atoms with Gasteiger partial charge in [-0.1, -0.05) is 24.3 Å². The van der Waals surface area contributed by atoms with Crippen molar-refractivity contribution in [3.05, 3.63) is 101 Å². The average molecular weight is 623 g/mol. The van der Waals surface area contributed by atoms with Crippen LogP contribution in [0, 0.1) is 13.8 Å². The summed E-state index contributed by atoms with van der Waals surface area (Å²) in [5.74, 6) is -0.122. The number of hydrogen-bond acceptors (Lipinski definition) is 8. The van der Waals surface area contributed by atoms with Gasteiger partial charge in [0.1, 0.15) is 0 Å². The maximum absolute atomic E-state index is 13.7. The van der Waals surface area contributed by atoms with Crippen molar-refractivity contribution in [3.8, 4) is 11.3 Å². The van der Waals surface area contributed by atoms with Crippen LogP contribution < -0.4 is 20.9 Å². The molecule has 0 radical (unpaired) electrons. The normalized spacial score (nSPS) is 12.9. The van der Waals surface area contributed by atoms with Crippen molar-refractivity contribution in [1.82, 2.24) is 15.3 Å². The van der Waals surface area contributed by atoms with Crippen LogP contribution in [-0.2, 0) is 11.3 Å². The molecule has 1 aliphatic heterocycles. The number of hydrogen-bond donors (Lipinski definition) is 4. The number of ether oxygens (including phenoxy) is 1. The minimum absolute atomic E-state index is 0.0527. The van der Waals surface area contributed by atoms with Gasteiger partial charge in [0, 0.05) is 48.7 Å². The third kappa shape index (κ3) is 8.68. The smallest absolute Gasteiger partial charge is 0.259 e.